The van der Waals surface area contributed by atoms with E-state index in [-0.39, 0.29) is 5.54 Å². The lowest BCUT2D eigenvalue weighted by molar-refractivity contribution is 0.237. The first-order valence-corrected chi connectivity index (χ1v) is 5.47. The zero-order valence-corrected chi connectivity index (χ0v) is 9.51. The summed E-state index contributed by atoms with van der Waals surface area (Å²) in [5, 5.41) is 12.5. The summed E-state index contributed by atoms with van der Waals surface area (Å²) in [6.07, 6.45) is 3.55. The van der Waals surface area contributed by atoms with Crippen molar-refractivity contribution in [2.75, 3.05) is 27.2 Å². The molecule has 0 bridgehead atoms. The molecule has 0 aromatic rings. The quantitative estimate of drug-likeness (QED) is 0.692. The lowest BCUT2D eigenvalue weighted by atomic mass is 9.94. The third kappa shape index (κ3) is 2.46. The molecule has 0 amide bonds. The molecular weight excluding hydrogens is 174 g/mol. The van der Waals surface area contributed by atoms with Crippen LogP contribution in [0.3, 0.4) is 0 Å². The maximum atomic E-state index is 9.26. The lowest BCUT2D eigenvalue weighted by Crippen LogP contribution is -2.52. The van der Waals surface area contributed by atoms with Crippen LogP contribution in [0, 0.1) is 17.2 Å². The van der Waals surface area contributed by atoms with Crippen molar-refractivity contribution in [3.05, 3.63) is 0 Å². The predicted molar refractivity (Wildman–Crippen MR) is 57.9 cm³/mol. The number of nitrogens with one attached hydrogen (secondary N) is 1. The molecule has 0 spiro atoms. The molecule has 0 saturated heterocycles. The van der Waals surface area contributed by atoms with Crippen molar-refractivity contribution in [3.8, 4) is 6.07 Å². The topological polar surface area (TPSA) is 39.1 Å². The SMILES string of the molecule is CCCN(C)CC(C#N)(NC)C1CC1. The molecule has 0 radical (unpaired) electrons. The van der Waals surface area contributed by atoms with Crippen LogP contribution in [0.15, 0.2) is 0 Å². The Hall–Kier alpha value is -0.590. The van der Waals surface area contributed by atoms with E-state index in [0.717, 1.165) is 19.5 Å². The van der Waals surface area contributed by atoms with Crippen molar-refractivity contribution in [1.29, 1.82) is 5.26 Å². The zero-order valence-electron chi connectivity index (χ0n) is 9.51. The average Bonchev–Trinajstić information content (AvgIpc) is 2.98. The molecule has 1 unspecified atom stereocenters. The minimum Gasteiger partial charge on any atom is -0.303 e. The highest BCUT2D eigenvalue weighted by Gasteiger charge is 2.45. The van der Waals surface area contributed by atoms with Gasteiger partial charge in [-0.25, -0.2) is 0 Å². The van der Waals surface area contributed by atoms with Gasteiger partial charge in [-0.1, -0.05) is 6.92 Å². The number of nitriles is 1. The third-order valence-electron chi connectivity index (χ3n) is 3.04. The fourth-order valence-corrected chi connectivity index (χ4v) is 2.06. The van der Waals surface area contributed by atoms with Gasteiger partial charge in [0.25, 0.3) is 0 Å². The minimum absolute atomic E-state index is 0.302. The van der Waals surface area contributed by atoms with E-state index in [1.807, 2.05) is 7.05 Å². The molecule has 0 aliphatic heterocycles. The van der Waals surface area contributed by atoms with Gasteiger partial charge in [0.2, 0.25) is 0 Å². The molecule has 3 heteroatoms. The van der Waals surface area contributed by atoms with Crippen molar-refractivity contribution in [1.82, 2.24) is 10.2 Å². The second-order valence-corrected chi connectivity index (χ2v) is 4.35. The Labute approximate surface area is 87.1 Å². The van der Waals surface area contributed by atoms with Crippen molar-refractivity contribution in [2.45, 2.75) is 31.7 Å². The fourth-order valence-electron chi connectivity index (χ4n) is 2.06. The molecule has 1 N–H and O–H groups in total. The molecule has 1 fully saturated rings. The standard InChI is InChI=1S/C11H21N3/c1-4-7-14(3)9-11(8-12,13-2)10-5-6-10/h10,13H,4-7,9H2,1-3H3. The van der Waals surface area contributed by atoms with Crippen LogP contribution in [0.25, 0.3) is 0 Å². The first kappa shape index (κ1) is 11.5. The van der Waals surface area contributed by atoms with E-state index in [1.54, 1.807) is 0 Å². The van der Waals surface area contributed by atoms with Gasteiger partial charge in [0.15, 0.2) is 0 Å². The van der Waals surface area contributed by atoms with Crippen molar-refractivity contribution in [2.24, 2.45) is 5.92 Å². The lowest BCUT2D eigenvalue weighted by Gasteiger charge is -2.31. The molecule has 1 aliphatic carbocycles. The van der Waals surface area contributed by atoms with Crippen LogP contribution >= 0.6 is 0 Å². The summed E-state index contributed by atoms with van der Waals surface area (Å²) >= 11 is 0. The number of likely N-dealkylation sites (N-methyl/N-ethyl adjacent to an activating group) is 2. The Bertz CT molecular complexity index is 217. The van der Waals surface area contributed by atoms with Gasteiger partial charge in [0.1, 0.15) is 5.54 Å². The smallest absolute Gasteiger partial charge is 0.122 e. The zero-order chi connectivity index (χ0) is 10.6. The maximum absolute atomic E-state index is 9.26. The molecule has 0 aromatic carbocycles. The molecule has 1 atom stereocenters. The van der Waals surface area contributed by atoms with E-state index in [1.165, 1.54) is 12.8 Å². The van der Waals surface area contributed by atoms with Gasteiger partial charge in [0.05, 0.1) is 6.07 Å². The van der Waals surface area contributed by atoms with Crippen molar-refractivity contribution < 1.29 is 0 Å². The van der Waals surface area contributed by atoms with Crippen LogP contribution < -0.4 is 5.32 Å². The molecule has 80 valence electrons. The minimum atomic E-state index is -0.302. The van der Waals surface area contributed by atoms with E-state index >= 15 is 0 Å². The van der Waals surface area contributed by atoms with Crippen LogP contribution in [-0.2, 0) is 0 Å². The molecule has 1 rings (SSSR count). The molecule has 1 aliphatic rings. The first-order valence-electron chi connectivity index (χ1n) is 5.47. The van der Waals surface area contributed by atoms with Crippen LogP contribution in [0.1, 0.15) is 26.2 Å². The predicted octanol–water partition coefficient (Wildman–Crippen LogP) is 1.22. The number of hydrogen-bond acceptors (Lipinski definition) is 3. The highest BCUT2D eigenvalue weighted by atomic mass is 15.1. The Kier molecular flexibility index (Phi) is 3.91. The van der Waals surface area contributed by atoms with Gasteiger partial charge in [-0.3, -0.25) is 0 Å². The highest BCUT2D eigenvalue weighted by Crippen LogP contribution is 2.39. The van der Waals surface area contributed by atoms with E-state index in [4.69, 9.17) is 0 Å². The summed E-state index contributed by atoms with van der Waals surface area (Å²) in [6.45, 7) is 4.08. The monoisotopic (exact) mass is 195 g/mol. The second kappa shape index (κ2) is 4.77. The van der Waals surface area contributed by atoms with Gasteiger partial charge >= 0.3 is 0 Å². The molecule has 0 heterocycles. The van der Waals surface area contributed by atoms with Gasteiger partial charge in [-0.05, 0) is 45.8 Å². The Morgan fingerprint density at radius 1 is 1.57 bits per heavy atom. The van der Waals surface area contributed by atoms with E-state index in [2.05, 4.69) is 30.3 Å². The summed E-state index contributed by atoms with van der Waals surface area (Å²) in [4.78, 5) is 2.25. The summed E-state index contributed by atoms with van der Waals surface area (Å²) in [7, 11) is 4.00. The summed E-state index contributed by atoms with van der Waals surface area (Å²) in [5.41, 5.74) is -0.302. The van der Waals surface area contributed by atoms with Gasteiger partial charge in [-0.15, -0.1) is 0 Å². The van der Waals surface area contributed by atoms with Gasteiger partial charge < -0.3 is 10.2 Å². The Morgan fingerprint density at radius 3 is 2.57 bits per heavy atom. The molecule has 0 aromatic heterocycles. The number of nitrogens with zero attached hydrogens (tertiary/aromatic N) is 2. The van der Waals surface area contributed by atoms with Crippen LogP contribution in [0.4, 0.5) is 0 Å². The van der Waals surface area contributed by atoms with E-state index < -0.39 is 0 Å². The van der Waals surface area contributed by atoms with E-state index in [9.17, 15) is 5.26 Å². The Morgan fingerprint density at radius 2 is 2.21 bits per heavy atom. The molecule has 3 nitrogen and oxygen atoms in total. The summed E-state index contributed by atoms with van der Waals surface area (Å²) < 4.78 is 0. The van der Waals surface area contributed by atoms with Crippen LogP contribution in [-0.4, -0.2) is 37.6 Å². The van der Waals surface area contributed by atoms with Crippen LogP contribution in [0.5, 0.6) is 0 Å². The Balaban J connectivity index is 2.55. The molecular formula is C11H21N3. The first-order chi connectivity index (χ1) is 6.68. The van der Waals surface area contributed by atoms with Gasteiger partial charge in [0, 0.05) is 6.54 Å². The number of hydrogen-bond donors (Lipinski definition) is 1. The van der Waals surface area contributed by atoms with Crippen molar-refractivity contribution in [3.63, 3.8) is 0 Å². The van der Waals surface area contributed by atoms with Gasteiger partial charge in [-0.2, -0.15) is 5.26 Å². The second-order valence-electron chi connectivity index (χ2n) is 4.35. The largest absolute Gasteiger partial charge is 0.303 e. The van der Waals surface area contributed by atoms with Crippen LogP contribution in [0.2, 0.25) is 0 Å². The summed E-state index contributed by atoms with van der Waals surface area (Å²) in [6, 6.07) is 2.46. The highest BCUT2D eigenvalue weighted by molar-refractivity contribution is 5.16. The number of rotatable bonds is 6. The van der Waals surface area contributed by atoms with E-state index in [0.29, 0.717) is 5.92 Å². The fraction of sp³-hybridized carbons (Fsp3) is 0.909. The molecule has 14 heavy (non-hydrogen) atoms. The average molecular weight is 195 g/mol. The third-order valence-corrected chi connectivity index (χ3v) is 3.04. The van der Waals surface area contributed by atoms with Crippen molar-refractivity contribution >= 4 is 0 Å². The maximum Gasteiger partial charge on any atom is 0.122 e. The normalized spacial score (nSPS) is 20.5. The summed E-state index contributed by atoms with van der Waals surface area (Å²) in [5.74, 6) is 0.566. The molecule has 1 saturated carbocycles.